The van der Waals surface area contributed by atoms with Crippen molar-refractivity contribution in [3.63, 3.8) is 0 Å². The van der Waals surface area contributed by atoms with Crippen molar-refractivity contribution in [3.8, 4) is 0 Å². The van der Waals surface area contributed by atoms with Crippen molar-refractivity contribution in [3.05, 3.63) is 69.7 Å². The molecule has 2 N–H and O–H groups in total. The van der Waals surface area contributed by atoms with Crippen molar-refractivity contribution in [1.82, 2.24) is 5.32 Å². The molecule has 1 atom stereocenters. The molecule has 0 amide bonds. The van der Waals surface area contributed by atoms with Gasteiger partial charge in [-0.2, -0.15) is 0 Å². The summed E-state index contributed by atoms with van der Waals surface area (Å²) >= 11 is 3.54. The first kappa shape index (κ1) is 14.8. The first-order valence-electron chi connectivity index (χ1n) is 7.38. The molecular weight excluding hydrogens is 326 g/mol. The highest BCUT2D eigenvalue weighted by Crippen LogP contribution is 2.30. The molecule has 0 fully saturated rings. The third-order valence-corrected chi connectivity index (χ3v) is 4.88. The molecule has 2 aromatic rings. The molecule has 1 aliphatic carbocycles. The molecule has 3 heteroatoms. The van der Waals surface area contributed by atoms with Crippen molar-refractivity contribution in [1.29, 1.82) is 0 Å². The standard InChI is InChI=1S/C18H20BrNO/c19-17-7-6-15-8-9-18(13-21,11-16(15)10-17)20-12-14-4-2-1-3-5-14/h1-7,10,20-21H,8-9,11-13H2. The van der Waals surface area contributed by atoms with Crippen LogP contribution in [0, 0.1) is 0 Å². The Hall–Kier alpha value is -1.16. The Morgan fingerprint density at radius 3 is 2.67 bits per heavy atom. The minimum atomic E-state index is -0.205. The van der Waals surface area contributed by atoms with Crippen LogP contribution in [0.4, 0.5) is 0 Å². The predicted molar refractivity (Wildman–Crippen MR) is 89.3 cm³/mol. The van der Waals surface area contributed by atoms with Gasteiger partial charge in [0.15, 0.2) is 0 Å². The van der Waals surface area contributed by atoms with Gasteiger partial charge in [-0.3, -0.25) is 0 Å². The average molecular weight is 346 g/mol. The molecule has 0 heterocycles. The fourth-order valence-electron chi connectivity index (χ4n) is 3.06. The van der Waals surface area contributed by atoms with Gasteiger partial charge in [-0.05, 0) is 48.1 Å². The summed E-state index contributed by atoms with van der Waals surface area (Å²) in [5, 5.41) is 13.5. The van der Waals surface area contributed by atoms with Gasteiger partial charge in [0, 0.05) is 16.6 Å². The lowest BCUT2D eigenvalue weighted by molar-refractivity contribution is 0.143. The maximum absolute atomic E-state index is 9.94. The zero-order valence-corrected chi connectivity index (χ0v) is 13.6. The molecule has 110 valence electrons. The number of fused-ring (bicyclic) bond motifs is 1. The fourth-order valence-corrected chi connectivity index (χ4v) is 3.47. The van der Waals surface area contributed by atoms with Crippen molar-refractivity contribution >= 4 is 15.9 Å². The van der Waals surface area contributed by atoms with Crippen LogP contribution in [0.1, 0.15) is 23.1 Å². The quantitative estimate of drug-likeness (QED) is 0.889. The van der Waals surface area contributed by atoms with E-state index in [-0.39, 0.29) is 12.1 Å². The monoisotopic (exact) mass is 345 g/mol. The van der Waals surface area contributed by atoms with E-state index in [4.69, 9.17) is 0 Å². The van der Waals surface area contributed by atoms with Crippen LogP contribution in [0.2, 0.25) is 0 Å². The molecule has 0 spiro atoms. The fraction of sp³-hybridized carbons (Fsp3) is 0.333. The number of aliphatic hydroxyl groups excluding tert-OH is 1. The normalized spacial score (nSPS) is 21.0. The second kappa shape index (κ2) is 6.30. The highest BCUT2D eigenvalue weighted by atomic mass is 79.9. The van der Waals surface area contributed by atoms with Crippen molar-refractivity contribution in [2.24, 2.45) is 0 Å². The summed E-state index contributed by atoms with van der Waals surface area (Å²) < 4.78 is 1.11. The van der Waals surface area contributed by atoms with Crippen LogP contribution >= 0.6 is 15.9 Å². The van der Waals surface area contributed by atoms with E-state index in [9.17, 15) is 5.11 Å². The average Bonchev–Trinajstić information content (AvgIpc) is 2.53. The molecule has 0 saturated heterocycles. The second-order valence-electron chi connectivity index (χ2n) is 5.87. The van der Waals surface area contributed by atoms with Crippen LogP contribution < -0.4 is 5.32 Å². The van der Waals surface area contributed by atoms with E-state index in [1.807, 2.05) is 6.07 Å². The summed E-state index contributed by atoms with van der Waals surface area (Å²) in [6, 6.07) is 16.8. The number of benzene rings is 2. The van der Waals surface area contributed by atoms with Gasteiger partial charge in [-0.25, -0.2) is 0 Å². The van der Waals surface area contributed by atoms with Crippen LogP contribution in [0.5, 0.6) is 0 Å². The minimum absolute atomic E-state index is 0.172. The Morgan fingerprint density at radius 1 is 1.10 bits per heavy atom. The maximum atomic E-state index is 9.94. The van der Waals surface area contributed by atoms with Crippen molar-refractivity contribution in [2.75, 3.05) is 6.61 Å². The summed E-state index contributed by atoms with van der Waals surface area (Å²) in [6.45, 7) is 0.969. The largest absolute Gasteiger partial charge is 0.394 e. The maximum Gasteiger partial charge on any atom is 0.0616 e. The molecule has 0 aromatic heterocycles. The van der Waals surface area contributed by atoms with Gasteiger partial charge < -0.3 is 10.4 Å². The zero-order chi connectivity index (χ0) is 14.7. The Bertz CT molecular complexity index is 614. The molecule has 0 saturated carbocycles. The van der Waals surface area contributed by atoms with Gasteiger partial charge in [0.1, 0.15) is 0 Å². The van der Waals surface area contributed by atoms with E-state index in [0.29, 0.717) is 0 Å². The Kier molecular flexibility index (Phi) is 4.43. The number of aliphatic hydroxyl groups is 1. The number of halogens is 1. The number of nitrogens with one attached hydrogen (secondary N) is 1. The molecule has 0 bridgehead atoms. The van der Waals surface area contributed by atoms with E-state index in [2.05, 4.69) is 63.7 Å². The number of aryl methyl sites for hydroxylation is 1. The zero-order valence-electron chi connectivity index (χ0n) is 12.0. The molecule has 2 nitrogen and oxygen atoms in total. The summed E-state index contributed by atoms with van der Waals surface area (Å²) in [7, 11) is 0. The summed E-state index contributed by atoms with van der Waals surface area (Å²) in [5.74, 6) is 0. The van der Waals surface area contributed by atoms with Crippen LogP contribution in [-0.2, 0) is 19.4 Å². The van der Waals surface area contributed by atoms with Gasteiger partial charge in [-0.1, -0.05) is 52.3 Å². The van der Waals surface area contributed by atoms with E-state index in [1.54, 1.807) is 0 Å². The van der Waals surface area contributed by atoms with E-state index < -0.39 is 0 Å². The topological polar surface area (TPSA) is 32.3 Å². The smallest absolute Gasteiger partial charge is 0.0616 e. The Labute approximate surface area is 134 Å². The molecule has 1 unspecified atom stereocenters. The predicted octanol–water partition coefficient (Wildman–Crippen LogP) is 3.46. The van der Waals surface area contributed by atoms with Crippen LogP contribution in [-0.4, -0.2) is 17.3 Å². The lowest BCUT2D eigenvalue weighted by Gasteiger charge is -2.38. The second-order valence-corrected chi connectivity index (χ2v) is 6.78. The van der Waals surface area contributed by atoms with Crippen LogP contribution in [0.3, 0.4) is 0 Å². The lowest BCUT2D eigenvalue weighted by atomic mass is 9.78. The molecule has 3 rings (SSSR count). The van der Waals surface area contributed by atoms with Gasteiger partial charge in [0.25, 0.3) is 0 Å². The lowest BCUT2D eigenvalue weighted by Crippen LogP contribution is -2.52. The Morgan fingerprint density at radius 2 is 1.90 bits per heavy atom. The minimum Gasteiger partial charge on any atom is -0.394 e. The summed E-state index contributed by atoms with van der Waals surface area (Å²) in [4.78, 5) is 0. The third-order valence-electron chi connectivity index (χ3n) is 4.38. The number of rotatable bonds is 4. The first-order valence-corrected chi connectivity index (χ1v) is 8.17. The summed E-state index contributed by atoms with van der Waals surface area (Å²) in [6.07, 6.45) is 2.88. The first-order chi connectivity index (χ1) is 10.2. The SMILES string of the molecule is OCC1(NCc2ccccc2)CCc2ccc(Br)cc2C1. The van der Waals surface area contributed by atoms with Gasteiger partial charge in [0.05, 0.1) is 6.61 Å². The Balaban J connectivity index is 1.76. The van der Waals surface area contributed by atoms with E-state index >= 15 is 0 Å². The van der Waals surface area contributed by atoms with Gasteiger partial charge in [-0.15, -0.1) is 0 Å². The number of hydrogen-bond donors (Lipinski definition) is 2. The third kappa shape index (κ3) is 3.37. The molecular formula is C18H20BrNO. The molecule has 2 aromatic carbocycles. The van der Waals surface area contributed by atoms with Crippen LogP contribution in [0.15, 0.2) is 53.0 Å². The van der Waals surface area contributed by atoms with Crippen molar-refractivity contribution < 1.29 is 5.11 Å². The molecule has 0 radical (unpaired) electrons. The van der Waals surface area contributed by atoms with Crippen molar-refractivity contribution in [2.45, 2.75) is 31.3 Å². The highest BCUT2D eigenvalue weighted by molar-refractivity contribution is 9.10. The van der Waals surface area contributed by atoms with Crippen LogP contribution in [0.25, 0.3) is 0 Å². The van der Waals surface area contributed by atoms with E-state index in [0.717, 1.165) is 30.3 Å². The van der Waals surface area contributed by atoms with E-state index in [1.165, 1.54) is 16.7 Å². The highest BCUT2D eigenvalue weighted by Gasteiger charge is 2.33. The van der Waals surface area contributed by atoms with Gasteiger partial charge in [0.2, 0.25) is 0 Å². The number of hydrogen-bond acceptors (Lipinski definition) is 2. The molecule has 21 heavy (non-hydrogen) atoms. The molecule has 0 aliphatic heterocycles. The molecule has 1 aliphatic rings. The summed E-state index contributed by atoms with van der Waals surface area (Å²) in [5.41, 5.74) is 3.79. The van der Waals surface area contributed by atoms with Gasteiger partial charge >= 0.3 is 0 Å².